The van der Waals surface area contributed by atoms with Gasteiger partial charge < -0.3 is 10.1 Å². The molecule has 0 bridgehead atoms. The second-order valence-corrected chi connectivity index (χ2v) is 8.16. The lowest BCUT2D eigenvalue weighted by molar-refractivity contribution is -0.147. The maximum Gasteiger partial charge on any atom is 0.331 e. The molecular weight excluding hydrogens is 366 g/mol. The van der Waals surface area contributed by atoms with Crippen molar-refractivity contribution in [2.75, 3.05) is 7.11 Å². The van der Waals surface area contributed by atoms with Crippen LogP contribution in [-0.2, 0) is 22.5 Å². The number of esters is 1. The topological polar surface area (TPSA) is 90.3 Å². The first-order chi connectivity index (χ1) is 12.8. The molecule has 0 radical (unpaired) electrons. The maximum atomic E-state index is 13.0. The summed E-state index contributed by atoms with van der Waals surface area (Å²) in [6, 6.07) is 0. The molecule has 3 rings (SSSR count). The molecule has 0 spiro atoms. The van der Waals surface area contributed by atoms with Crippen molar-refractivity contribution in [2.45, 2.75) is 65.0 Å². The van der Waals surface area contributed by atoms with Crippen molar-refractivity contribution < 1.29 is 14.3 Å². The van der Waals surface area contributed by atoms with E-state index in [1.165, 1.54) is 18.4 Å². The minimum atomic E-state index is -1.12. The predicted octanol–water partition coefficient (Wildman–Crippen LogP) is 2.56. The van der Waals surface area contributed by atoms with Gasteiger partial charge in [0.2, 0.25) is 0 Å². The van der Waals surface area contributed by atoms with E-state index in [-0.39, 0.29) is 11.5 Å². The average Bonchev–Trinajstić information content (AvgIpc) is 2.82. The molecule has 1 unspecified atom stereocenters. The van der Waals surface area contributed by atoms with Gasteiger partial charge in [0.25, 0.3) is 11.5 Å². The van der Waals surface area contributed by atoms with Crippen LogP contribution in [0.1, 0.15) is 60.6 Å². The molecule has 0 fully saturated rings. The number of nitrogens with zero attached hydrogens (tertiary/aromatic N) is 2. The van der Waals surface area contributed by atoms with Crippen LogP contribution in [-0.4, -0.2) is 34.1 Å². The number of fused-ring (bicyclic) bond motifs is 2. The van der Waals surface area contributed by atoms with Gasteiger partial charge in [0.05, 0.1) is 17.4 Å². The van der Waals surface area contributed by atoms with Gasteiger partial charge in [0, 0.05) is 13.0 Å². The Labute approximate surface area is 161 Å². The van der Waals surface area contributed by atoms with Gasteiger partial charge in [0.1, 0.15) is 16.2 Å². The number of amides is 1. The Hall–Kier alpha value is -2.22. The minimum Gasteiger partial charge on any atom is -0.467 e. The molecule has 2 aromatic rings. The lowest BCUT2D eigenvalue weighted by Crippen LogP contribution is -2.52. The van der Waals surface area contributed by atoms with E-state index < -0.39 is 11.5 Å². The summed E-state index contributed by atoms with van der Waals surface area (Å²) in [5, 5.41) is 3.28. The molecule has 1 amide bonds. The number of methoxy groups -OCH3 is 1. The molecule has 1 N–H and O–H groups in total. The Morgan fingerprint density at radius 2 is 2.07 bits per heavy atom. The van der Waals surface area contributed by atoms with Gasteiger partial charge in [-0.05, 0) is 38.7 Å². The molecule has 1 aliphatic rings. The largest absolute Gasteiger partial charge is 0.467 e. The van der Waals surface area contributed by atoms with Crippen molar-refractivity contribution in [3.05, 3.63) is 26.6 Å². The van der Waals surface area contributed by atoms with E-state index in [0.717, 1.165) is 31.5 Å². The van der Waals surface area contributed by atoms with Gasteiger partial charge in [0.15, 0.2) is 0 Å². The highest BCUT2D eigenvalue weighted by Crippen LogP contribution is 2.29. The molecule has 146 valence electrons. The Morgan fingerprint density at radius 1 is 1.33 bits per heavy atom. The third-order valence-electron chi connectivity index (χ3n) is 5.35. The van der Waals surface area contributed by atoms with Crippen molar-refractivity contribution in [3.63, 3.8) is 0 Å². The van der Waals surface area contributed by atoms with Crippen LogP contribution >= 0.6 is 11.3 Å². The normalized spacial score (nSPS) is 16.3. The fraction of sp³-hybridized carbons (Fsp3) is 0.579. The highest BCUT2D eigenvalue weighted by atomic mass is 32.1. The Kier molecular flexibility index (Phi) is 5.37. The van der Waals surface area contributed by atoms with Crippen LogP contribution in [0.3, 0.4) is 0 Å². The number of ether oxygens (including phenoxy) is 1. The fourth-order valence-corrected chi connectivity index (χ4v) is 4.53. The zero-order valence-electron chi connectivity index (χ0n) is 16.2. The highest BCUT2D eigenvalue weighted by Gasteiger charge is 2.35. The second kappa shape index (κ2) is 7.42. The van der Waals surface area contributed by atoms with Gasteiger partial charge in [-0.15, -0.1) is 11.3 Å². The molecule has 0 saturated carbocycles. The summed E-state index contributed by atoms with van der Waals surface area (Å²) in [7, 11) is 1.30. The molecule has 1 atom stereocenters. The van der Waals surface area contributed by atoms with Crippen molar-refractivity contribution in [3.8, 4) is 0 Å². The number of aromatic nitrogens is 2. The number of nitrogens with one attached hydrogen (secondary N) is 1. The third kappa shape index (κ3) is 3.38. The number of carbonyl (C=O) groups excluding carboxylic acids is 2. The Morgan fingerprint density at radius 3 is 2.74 bits per heavy atom. The molecule has 27 heavy (non-hydrogen) atoms. The van der Waals surface area contributed by atoms with Crippen LogP contribution in [0.5, 0.6) is 0 Å². The second-order valence-electron chi connectivity index (χ2n) is 7.16. The first-order valence-electron chi connectivity index (χ1n) is 9.26. The summed E-state index contributed by atoms with van der Waals surface area (Å²) in [4.78, 5) is 43.6. The number of thiophene rings is 1. The summed E-state index contributed by atoms with van der Waals surface area (Å²) >= 11 is 1.21. The Balaban J connectivity index is 2.05. The van der Waals surface area contributed by atoms with E-state index in [2.05, 4.69) is 10.3 Å². The number of aryl methyl sites for hydroxylation is 2. The summed E-state index contributed by atoms with van der Waals surface area (Å²) in [5.74, 6) is -0.0852. The van der Waals surface area contributed by atoms with Crippen LogP contribution in [0.15, 0.2) is 4.79 Å². The van der Waals surface area contributed by atoms with Gasteiger partial charge in [-0.3, -0.25) is 14.2 Å². The highest BCUT2D eigenvalue weighted by molar-refractivity contribution is 7.20. The Bertz CT molecular complexity index is 962. The molecule has 0 saturated heterocycles. The van der Waals surface area contributed by atoms with Crippen LogP contribution in [0.4, 0.5) is 0 Å². The van der Waals surface area contributed by atoms with Crippen LogP contribution in [0.2, 0.25) is 0 Å². The number of carbonyl (C=O) groups is 2. The number of hydrogen-bond acceptors (Lipinski definition) is 6. The van der Waals surface area contributed by atoms with Crippen molar-refractivity contribution in [1.29, 1.82) is 0 Å². The van der Waals surface area contributed by atoms with E-state index in [1.54, 1.807) is 25.3 Å². The van der Waals surface area contributed by atoms with E-state index >= 15 is 0 Å². The standard InChI is InChI=1S/C19H25N3O4S/c1-5-19(3,18(25)26-4)21-15(23)14-11(2)13-16(27-14)20-12-9-7-6-8-10-22(12)17(13)24/h5-10H2,1-4H3,(H,21,23). The van der Waals surface area contributed by atoms with Gasteiger partial charge in [-0.25, -0.2) is 9.78 Å². The first-order valence-corrected chi connectivity index (χ1v) is 10.1. The van der Waals surface area contributed by atoms with E-state index in [4.69, 9.17) is 4.74 Å². The third-order valence-corrected chi connectivity index (χ3v) is 6.53. The zero-order chi connectivity index (χ0) is 19.8. The van der Waals surface area contributed by atoms with Crippen LogP contribution < -0.4 is 10.9 Å². The minimum absolute atomic E-state index is 0.0732. The zero-order valence-corrected chi connectivity index (χ0v) is 17.0. The van der Waals surface area contributed by atoms with E-state index in [1.807, 2.05) is 0 Å². The van der Waals surface area contributed by atoms with Gasteiger partial charge in [-0.1, -0.05) is 13.3 Å². The predicted molar refractivity (Wildman–Crippen MR) is 104 cm³/mol. The lowest BCUT2D eigenvalue weighted by atomic mass is 9.99. The smallest absolute Gasteiger partial charge is 0.331 e. The summed E-state index contributed by atoms with van der Waals surface area (Å²) in [6.45, 7) is 5.88. The maximum absolute atomic E-state index is 13.0. The van der Waals surface area contributed by atoms with Crippen molar-refractivity contribution in [1.82, 2.24) is 14.9 Å². The molecule has 3 heterocycles. The lowest BCUT2D eigenvalue weighted by Gasteiger charge is -2.26. The molecule has 1 aliphatic heterocycles. The van der Waals surface area contributed by atoms with Crippen molar-refractivity contribution in [2.24, 2.45) is 0 Å². The van der Waals surface area contributed by atoms with E-state index in [0.29, 0.717) is 33.6 Å². The summed E-state index contributed by atoms with van der Waals surface area (Å²) in [6.07, 6.45) is 4.24. The molecule has 0 aliphatic carbocycles. The molecule has 8 heteroatoms. The number of hydrogen-bond donors (Lipinski definition) is 1. The van der Waals surface area contributed by atoms with Gasteiger partial charge in [-0.2, -0.15) is 0 Å². The molecule has 0 aromatic carbocycles. The monoisotopic (exact) mass is 391 g/mol. The quantitative estimate of drug-likeness (QED) is 0.809. The SMILES string of the molecule is CCC(C)(NC(=O)c1sc2nc3n(c(=O)c2c1C)CCCCC3)C(=O)OC. The van der Waals surface area contributed by atoms with Crippen LogP contribution in [0.25, 0.3) is 10.2 Å². The number of rotatable bonds is 4. The molecule has 7 nitrogen and oxygen atoms in total. The van der Waals surface area contributed by atoms with Gasteiger partial charge >= 0.3 is 5.97 Å². The van der Waals surface area contributed by atoms with E-state index in [9.17, 15) is 14.4 Å². The average molecular weight is 391 g/mol. The summed E-state index contributed by atoms with van der Waals surface area (Å²) in [5.41, 5.74) is -0.572. The summed E-state index contributed by atoms with van der Waals surface area (Å²) < 4.78 is 6.57. The fourth-order valence-electron chi connectivity index (χ4n) is 3.44. The van der Waals surface area contributed by atoms with Crippen LogP contribution in [0, 0.1) is 6.92 Å². The van der Waals surface area contributed by atoms with Crippen molar-refractivity contribution >= 4 is 33.4 Å². The molecule has 2 aromatic heterocycles. The first kappa shape index (κ1) is 19.5. The molecular formula is C19H25N3O4S.